The fourth-order valence-electron chi connectivity index (χ4n) is 5.62. The molecule has 1 N–H and O–H groups in total. The van der Waals surface area contributed by atoms with E-state index in [1.54, 1.807) is 54.6 Å². The molecule has 4 aromatic carbocycles. The summed E-state index contributed by atoms with van der Waals surface area (Å²) >= 11 is 2.34. The standard InChI is InChI=1S/C37H30FN3O7S2/c1-2-45-29-18-23(12-14-28(29)48-20-22-8-4-3-5-9-22)32-31(33(42)24-13-15-27-30(19-24)47-17-16-46-27)34(43)35(44)41(32)36-39-40-37(50-36)49-21-25-10-6-7-11-26(25)38/h3-15,18-19,32,42H,2,16-17,20-21H2,1H3/t32-/m1/s1. The molecule has 0 saturated carbocycles. The maximum atomic E-state index is 14.3. The van der Waals surface area contributed by atoms with Gasteiger partial charge in [-0.3, -0.25) is 14.5 Å². The Balaban J connectivity index is 1.28. The molecule has 0 unspecified atom stereocenters. The predicted octanol–water partition coefficient (Wildman–Crippen LogP) is 7.34. The molecule has 1 saturated heterocycles. The number of aliphatic hydroxyl groups excluding tert-OH is 1. The molecule has 0 spiro atoms. The molecule has 5 aromatic rings. The maximum Gasteiger partial charge on any atom is 0.301 e. The van der Waals surface area contributed by atoms with E-state index in [0.717, 1.165) is 16.9 Å². The van der Waals surface area contributed by atoms with E-state index in [2.05, 4.69) is 10.2 Å². The third kappa shape index (κ3) is 6.74. The SMILES string of the molecule is CCOc1cc([C@@H]2C(=C(O)c3ccc4c(c3)OCCO4)C(=O)C(=O)N2c2nnc(SCc3ccccc3F)s2)ccc1OCc1ccccc1. The van der Waals surface area contributed by atoms with Crippen molar-refractivity contribution in [2.24, 2.45) is 0 Å². The molecule has 1 fully saturated rings. The van der Waals surface area contributed by atoms with Gasteiger partial charge in [-0.15, -0.1) is 10.2 Å². The van der Waals surface area contributed by atoms with Gasteiger partial charge in [0.15, 0.2) is 27.3 Å². The Hall–Kier alpha value is -5.40. The molecule has 1 aromatic heterocycles. The first kappa shape index (κ1) is 33.1. The van der Waals surface area contributed by atoms with Crippen LogP contribution in [0.3, 0.4) is 0 Å². The lowest BCUT2D eigenvalue weighted by atomic mass is 9.95. The number of fused-ring (bicyclic) bond motifs is 1. The number of carbonyl (C=O) groups excluding carboxylic acids is 2. The number of amides is 1. The van der Waals surface area contributed by atoms with Gasteiger partial charge in [0.1, 0.15) is 31.4 Å². The quantitative estimate of drug-likeness (QED) is 0.0490. The van der Waals surface area contributed by atoms with E-state index >= 15 is 0 Å². The molecule has 3 heterocycles. The van der Waals surface area contributed by atoms with Crippen LogP contribution in [0.4, 0.5) is 9.52 Å². The summed E-state index contributed by atoms with van der Waals surface area (Å²) in [5, 5.41) is 20.4. The number of aliphatic hydroxyl groups is 1. The molecule has 1 amide bonds. The molecule has 1 atom stereocenters. The van der Waals surface area contributed by atoms with Crippen LogP contribution in [0, 0.1) is 5.82 Å². The van der Waals surface area contributed by atoms with Gasteiger partial charge in [-0.25, -0.2) is 4.39 Å². The van der Waals surface area contributed by atoms with E-state index in [-0.39, 0.29) is 27.8 Å². The number of aromatic nitrogens is 2. The number of ketones is 1. The number of anilines is 1. The summed E-state index contributed by atoms with van der Waals surface area (Å²) < 4.78 is 38.2. The number of hydrogen-bond acceptors (Lipinski definition) is 11. The highest BCUT2D eigenvalue weighted by molar-refractivity contribution is 8.00. The second-order valence-electron chi connectivity index (χ2n) is 11.2. The Morgan fingerprint density at radius 1 is 0.940 bits per heavy atom. The first-order valence-corrected chi connectivity index (χ1v) is 17.6. The van der Waals surface area contributed by atoms with Crippen LogP contribution in [0.25, 0.3) is 5.76 Å². The van der Waals surface area contributed by atoms with Crippen molar-refractivity contribution in [1.29, 1.82) is 0 Å². The Bertz CT molecular complexity index is 2090. The molecule has 0 bridgehead atoms. The number of benzene rings is 4. The van der Waals surface area contributed by atoms with Crippen LogP contribution in [0.15, 0.2) is 101 Å². The average molecular weight is 712 g/mol. The zero-order valence-corrected chi connectivity index (χ0v) is 28.3. The van der Waals surface area contributed by atoms with Gasteiger partial charge in [-0.2, -0.15) is 0 Å². The molecule has 10 nitrogen and oxygen atoms in total. The smallest absolute Gasteiger partial charge is 0.301 e. The molecule has 2 aliphatic heterocycles. The number of thioether (sulfide) groups is 1. The number of halogens is 1. The summed E-state index contributed by atoms with van der Waals surface area (Å²) in [4.78, 5) is 28.9. The number of carbonyl (C=O) groups is 2. The van der Waals surface area contributed by atoms with E-state index in [4.69, 9.17) is 18.9 Å². The normalized spacial score (nSPS) is 16.4. The predicted molar refractivity (Wildman–Crippen MR) is 186 cm³/mol. The summed E-state index contributed by atoms with van der Waals surface area (Å²) in [7, 11) is 0. The summed E-state index contributed by atoms with van der Waals surface area (Å²) in [5.41, 5.74) is 2.04. The van der Waals surface area contributed by atoms with E-state index in [1.807, 2.05) is 37.3 Å². The third-order valence-corrected chi connectivity index (χ3v) is 10.1. The van der Waals surface area contributed by atoms with E-state index in [1.165, 1.54) is 22.7 Å². The van der Waals surface area contributed by atoms with Crippen LogP contribution in [0.2, 0.25) is 0 Å². The van der Waals surface area contributed by atoms with Crippen molar-refractivity contribution in [1.82, 2.24) is 10.2 Å². The number of Topliss-reactive ketones (excluding diaryl/α,β-unsaturated/α-hetero) is 1. The zero-order valence-electron chi connectivity index (χ0n) is 26.7. The van der Waals surface area contributed by atoms with Crippen LogP contribution >= 0.6 is 23.1 Å². The first-order valence-electron chi connectivity index (χ1n) is 15.8. The van der Waals surface area contributed by atoms with Crippen LogP contribution < -0.4 is 23.8 Å². The summed E-state index contributed by atoms with van der Waals surface area (Å²) in [6, 6.07) is 24.9. The number of hydrogen-bond donors (Lipinski definition) is 1. The maximum absolute atomic E-state index is 14.3. The van der Waals surface area contributed by atoms with Crippen molar-refractivity contribution < 1.29 is 38.0 Å². The molecule has 2 aliphatic rings. The van der Waals surface area contributed by atoms with E-state index in [9.17, 15) is 19.1 Å². The van der Waals surface area contributed by atoms with Gasteiger partial charge >= 0.3 is 5.91 Å². The summed E-state index contributed by atoms with van der Waals surface area (Å²) in [6.07, 6.45) is 0. The zero-order chi connectivity index (χ0) is 34.6. The molecule has 50 heavy (non-hydrogen) atoms. The van der Waals surface area contributed by atoms with Gasteiger partial charge in [0.05, 0.1) is 18.2 Å². The molecular formula is C37H30FN3O7S2. The van der Waals surface area contributed by atoms with Gasteiger partial charge in [0, 0.05) is 11.3 Å². The summed E-state index contributed by atoms with van der Waals surface area (Å²) in [5.74, 6) is -0.467. The van der Waals surface area contributed by atoms with Crippen molar-refractivity contribution in [3.05, 3.63) is 125 Å². The minimum atomic E-state index is -1.11. The number of ether oxygens (including phenoxy) is 4. The Labute approximate surface area is 295 Å². The van der Waals surface area contributed by atoms with Gasteiger partial charge in [-0.05, 0) is 60.0 Å². The Morgan fingerprint density at radius 2 is 1.72 bits per heavy atom. The first-order chi connectivity index (χ1) is 24.4. The fraction of sp³-hybridized carbons (Fsp3) is 0.189. The lowest BCUT2D eigenvalue weighted by molar-refractivity contribution is -0.132. The van der Waals surface area contributed by atoms with Crippen molar-refractivity contribution in [3.8, 4) is 23.0 Å². The van der Waals surface area contributed by atoms with Crippen LogP contribution in [-0.2, 0) is 21.9 Å². The molecule has 0 aliphatic carbocycles. The molecule has 0 radical (unpaired) electrons. The largest absolute Gasteiger partial charge is 0.507 e. The van der Waals surface area contributed by atoms with Gasteiger partial charge in [0.2, 0.25) is 5.13 Å². The minimum Gasteiger partial charge on any atom is -0.507 e. The van der Waals surface area contributed by atoms with Gasteiger partial charge < -0.3 is 24.1 Å². The summed E-state index contributed by atoms with van der Waals surface area (Å²) in [6.45, 7) is 3.17. The van der Waals surface area contributed by atoms with Crippen LogP contribution in [-0.4, -0.2) is 46.8 Å². The van der Waals surface area contributed by atoms with Gasteiger partial charge in [0.25, 0.3) is 5.78 Å². The van der Waals surface area contributed by atoms with Crippen molar-refractivity contribution in [2.45, 2.75) is 29.7 Å². The topological polar surface area (TPSA) is 120 Å². The molecule has 7 rings (SSSR count). The average Bonchev–Trinajstić information content (AvgIpc) is 3.72. The molecule has 254 valence electrons. The lowest BCUT2D eigenvalue weighted by Crippen LogP contribution is -2.29. The van der Waals surface area contributed by atoms with Crippen molar-refractivity contribution in [3.63, 3.8) is 0 Å². The molecular weight excluding hydrogens is 682 g/mol. The third-order valence-electron chi connectivity index (χ3n) is 7.99. The number of nitrogens with zero attached hydrogens (tertiary/aromatic N) is 3. The Morgan fingerprint density at radius 3 is 2.52 bits per heavy atom. The highest BCUT2D eigenvalue weighted by Crippen LogP contribution is 2.46. The second-order valence-corrected chi connectivity index (χ2v) is 13.4. The van der Waals surface area contributed by atoms with Crippen LogP contribution in [0.5, 0.6) is 23.0 Å². The highest BCUT2D eigenvalue weighted by atomic mass is 32.2. The second kappa shape index (κ2) is 14.6. The van der Waals surface area contributed by atoms with Gasteiger partial charge in [-0.1, -0.05) is 77.7 Å². The van der Waals surface area contributed by atoms with Crippen molar-refractivity contribution >= 4 is 45.7 Å². The van der Waals surface area contributed by atoms with Crippen molar-refractivity contribution in [2.75, 3.05) is 24.7 Å². The fourth-order valence-corrected chi connectivity index (χ4v) is 7.48. The lowest BCUT2D eigenvalue weighted by Gasteiger charge is -2.24. The Kier molecular flexibility index (Phi) is 9.67. The van der Waals surface area contributed by atoms with E-state index < -0.39 is 23.5 Å². The highest BCUT2D eigenvalue weighted by Gasteiger charge is 2.48. The van der Waals surface area contributed by atoms with E-state index in [0.29, 0.717) is 64.9 Å². The minimum absolute atomic E-state index is 0.136. The van der Waals surface area contributed by atoms with Crippen LogP contribution in [0.1, 0.15) is 35.2 Å². The monoisotopic (exact) mass is 711 g/mol. The molecule has 13 heteroatoms. The number of rotatable bonds is 11.